The molecular formula is C19H16ClN3O2. The Bertz CT molecular complexity index is 894. The van der Waals surface area contributed by atoms with Crippen LogP contribution in [0.15, 0.2) is 54.7 Å². The number of carbonyl (C=O) groups excluding carboxylic acids is 1. The van der Waals surface area contributed by atoms with E-state index in [4.69, 9.17) is 11.6 Å². The van der Waals surface area contributed by atoms with Crippen LogP contribution in [0, 0.1) is 6.92 Å². The Labute approximate surface area is 150 Å². The molecule has 1 amide bonds. The number of aromatic nitrogens is 2. The molecular weight excluding hydrogens is 338 g/mol. The summed E-state index contributed by atoms with van der Waals surface area (Å²) in [7, 11) is 0. The predicted molar refractivity (Wildman–Crippen MR) is 97.7 cm³/mol. The predicted octanol–water partition coefficient (Wildman–Crippen LogP) is 3.99. The Morgan fingerprint density at radius 2 is 1.80 bits per heavy atom. The number of hydrogen-bond donors (Lipinski definition) is 2. The molecule has 6 heteroatoms. The third-order valence-electron chi connectivity index (χ3n) is 3.65. The third kappa shape index (κ3) is 4.33. The fourth-order valence-electron chi connectivity index (χ4n) is 2.34. The van der Waals surface area contributed by atoms with Crippen molar-refractivity contribution in [3.63, 3.8) is 0 Å². The molecule has 0 radical (unpaired) electrons. The van der Waals surface area contributed by atoms with E-state index < -0.39 is 0 Å². The Kier molecular flexibility index (Phi) is 4.95. The number of aromatic hydroxyl groups is 1. The van der Waals surface area contributed by atoms with Crippen molar-refractivity contribution >= 4 is 23.3 Å². The highest BCUT2D eigenvalue weighted by molar-refractivity contribution is 6.30. The maximum atomic E-state index is 12.2. The van der Waals surface area contributed by atoms with E-state index in [9.17, 15) is 9.90 Å². The van der Waals surface area contributed by atoms with Gasteiger partial charge in [-0.3, -0.25) is 4.79 Å². The number of phenols is 1. The van der Waals surface area contributed by atoms with Crippen LogP contribution in [0.5, 0.6) is 5.75 Å². The number of halogens is 1. The Morgan fingerprint density at radius 1 is 1.12 bits per heavy atom. The summed E-state index contributed by atoms with van der Waals surface area (Å²) in [6, 6.07) is 13.8. The molecule has 1 heterocycles. The molecule has 0 aliphatic rings. The van der Waals surface area contributed by atoms with Crippen molar-refractivity contribution < 1.29 is 9.90 Å². The van der Waals surface area contributed by atoms with Gasteiger partial charge in [0.15, 0.2) is 5.82 Å². The highest BCUT2D eigenvalue weighted by Crippen LogP contribution is 2.21. The van der Waals surface area contributed by atoms with Crippen molar-refractivity contribution in [1.29, 1.82) is 0 Å². The lowest BCUT2D eigenvalue weighted by atomic mass is 10.1. The maximum Gasteiger partial charge on any atom is 0.229 e. The average Bonchev–Trinajstić information content (AvgIpc) is 2.59. The number of amides is 1. The first kappa shape index (κ1) is 16.9. The third-order valence-corrected chi connectivity index (χ3v) is 3.90. The van der Waals surface area contributed by atoms with Gasteiger partial charge in [0, 0.05) is 10.6 Å². The normalized spacial score (nSPS) is 10.5. The minimum atomic E-state index is -0.169. The zero-order chi connectivity index (χ0) is 17.8. The van der Waals surface area contributed by atoms with Crippen molar-refractivity contribution in [2.45, 2.75) is 13.3 Å². The molecule has 0 unspecified atom stereocenters. The van der Waals surface area contributed by atoms with Gasteiger partial charge in [-0.15, -0.1) is 0 Å². The summed E-state index contributed by atoms with van der Waals surface area (Å²) in [4.78, 5) is 20.9. The Morgan fingerprint density at radius 3 is 2.44 bits per heavy atom. The van der Waals surface area contributed by atoms with Crippen LogP contribution in [0.2, 0.25) is 5.02 Å². The first-order valence-electron chi connectivity index (χ1n) is 7.68. The minimum Gasteiger partial charge on any atom is -0.508 e. The molecule has 0 atom stereocenters. The molecule has 0 saturated carbocycles. The molecule has 0 spiro atoms. The molecule has 126 valence electrons. The highest BCUT2D eigenvalue weighted by atomic mass is 35.5. The number of nitrogens with one attached hydrogen (secondary N) is 1. The van der Waals surface area contributed by atoms with Crippen LogP contribution in [0.1, 0.15) is 11.3 Å². The van der Waals surface area contributed by atoms with E-state index >= 15 is 0 Å². The minimum absolute atomic E-state index is 0.169. The monoisotopic (exact) mass is 353 g/mol. The number of rotatable bonds is 4. The van der Waals surface area contributed by atoms with Gasteiger partial charge in [0.2, 0.25) is 5.91 Å². The quantitative estimate of drug-likeness (QED) is 0.743. The molecule has 1 aromatic heterocycles. The topological polar surface area (TPSA) is 75.1 Å². The molecule has 3 aromatic rings. The van der Waals surface area contributed by atoms with Crippen LogP contribution in [-0.2, 0) is 11.2 Å². The lowest BCUT2D eigenvalue weighted by molar-refractivity contribution is -0.115. The van der Waals surface area contributed by atoms with E-state index in [1.807, 2.05) is 12.1 Å². The number of carbonyl (C=O) groups is 1. The number of benzene rings is 2. The van der Waals surface area contributed by atoms with E-state index in [0.717, 1.165) is 11.1 Å². The fraction of sp³-hybridized carbons (Fsp3) is 0.105. The summed E-state index contributed by atoms with van der Waals surface area (Å²) in [5.74, 6) is 0.457. The van der Waals surface area contributed by atoms with Crippen LogP contribution >= 0.6 is 11.6 Å². The van der Waals surface area contributed by atoms with Gasteiger partial charge in [0.1, 0.15) is 5.75 Å². The van der Waals surface area contributed by atoms with Gasteiger partial charge >= 0.3 is 0 Å². The number of aryl methyl sites for hydroxylation is 1. The second-order valence-electron chi connectivity index (χ2n) is 5.59. The van der Waals surface area contributed by atoms with Crippen molar-refractivity contribution in [1.82, 2.24) is 9.97 Å². The standard InChI is InChI=1S/C19H16ClN3O2/c1-12-19(23-18(25)10-13-2-6-15(20)7-3-13)21-11-17(22-12)14-4-8-16(24)9-5-14/h2-9,11,24H,10H2,1H3,(H,21,23,25). The first-order valence-corrected chi connectivity index (χ1v) is 8.06. The lowest BCUT2D eigenvalue weighted by Crippen LogP contribution is -2.16. The molecule has 5 nitrogen and oxygen atoms in total. The van der Waals surface area contributed by atoms with E-state index in [1.165, 1.54) is 0 Å². The molecule has 3 rings (SSSR count). The maximum absolute atomic E-state index is 12.2. The van der Waals surface area contributed by atoms with Gasteiger partial charge in [-0.2, -0.15) is 0 Å². The zero-order valence-corrected chi connectivity index (χ0v) is 14.3. The van der Waals surface area contributed by atoms with Gasteiger partial charge in [-0.25, -0.2) is 9.97 Å². The summed E-state index contributed by atoms with van der Waals surface area (Å²) in [5.41, 5.74) is 3.00. The van der Waals surface area contributed by atoms with Crippen LogP contribution in [0.25, 0.3) is 11.3 Å². The highest BCUT2D eigenvalue weighted by Gasteiger charge is 2.10. The summed E-state index contributed by atoms with van der Waals surface area (Å²) >= 11 is 5.84. The van der Waals surface area contributed by atoms with Crippen LogP contribution in [0.4, 0.5) is 5.82 Å². The zero-order valence-electron chi connectivity index (χ0n) is 13.5. The average molecular weight is 354 g/mol. The summed E-state index contributed by atoms with van der Waals surface area (Å²) < 4.78 is 0. The number of phenolic OH excluding ortho intramolecular Hbond substituents is 1. The number of nitrogens with zero attached hydrogens (tertiary/aromatic N) is 2. The van der Waals surface area contributed by atoms with Crippen molar-refractivity contribution in [3.05, 3.63) is 71.0 Å². The summed E-state index contributed by atoms with van der Waals surface area (Å²) in [5, 5.41) is 12.8. The van der Waals surface area contributed by atoms with E-state index in [-0.39, 0.29) is 18.1 Å². The molecule has 0 aliphatic carbocycles. The second kappa shape index (κ2) is 7.32. The molecule has 25 heavy (non-hydrogen) atoms. The summed E-state index contributed by atoms with van der Waals surface area (Å²) in [6.45, 7) is 1.79. The Balaban J connectivity index is 1.71. The molecule has 2 aromatic carbocycles. The molecule has 0 bridgehead atoms. The van der Waals surface area contributed by atoms with Gasteiger partial charge < -0.3 is 10.4 Å². The van der Waals surface area contributed by atoms with Gasteiger partial charge in [0.05, 0.1) is 24.0 Å². The van der Waals surface area contributed by atoms with E-state index in [1.54, 1.807) is 49.5 Å². The lowest BCUT2D eigenvalue weighted by Gasteiger charge is -2.09. The van der Waals surface area contributed by atoms with Gasteiger partial charge in [-0.05, 0) is 48.9 Å². The van der Waals surface area contributed by atoms with Crippen molar-refractivity contribution in [2.24, 2.45) is 0 Å². The number of hydrogen-bond acceptors (Lipinski definition) is 4. The van der Waals surface area contributed by atoms with Crippen molar-refractivity contribution in [3.8, 4) is 17.0 Å². The van der Waals surface area contributed by atoms with E-state index in [0.29, 0.717) is 22.2 Å². The largest absolute Gasteiger partial charge is 0.508 e. The molecule has 2 N–H and O–H groups in total. The van der Waals surface area contributed by atoms with Gasteiger partial charge in [-0.1, -0.05) is 23.7 Å². The molecule has 0 aliphatic heterocycles. The summed E-state index contributed by atoms with van der Waals surface area (Å²) in [6.07, 6.45) is 1.83. The van der Waals surface area contributed by atoms with Crippen LogP contribution < -0.4 is 5.32 Å². The van der Waals surface area contributed by atoms with E-state index in [2.05, 4.69) is 15.3 Å². The molecule has 0 fully saturated rings. The molecule has 0 saturated heterocycles. The SMILES string of the molecule is Cc1nc(-c2ccc(O)cc2)cnc1NC(=O)Cc1ccc(Cl)cc1. The van der Waals surface area contributed by atoms with Gasteiger partial charge in [0.25, 0.3) is 0 Å². The van der Waals surface area contributed by atoms with Crippen LogP contribution in [0.3, 0.4) is 0 Å². The number of anilines is 1. The van der Waals surface area contributed by atoms with Crippen molar-refractivity contribution in [2.75, 3.05) is 5.32 Å². The van der Waals surface area contributed by atoms with Crippen LogP contribution in [-0.4, -0.2) is 21.0 Å². The first-order chi connectivity index (χ1) is 12.0. The smallest absolute Gasteiger partial charge is 0.229 e. The second-order valence-corrected chi connectivity index (χ2v) is 6.02. The fourth-order valence-corrected chi connectivity index (χ4v) is 2.47. The Hall–Kier alpha value is -2.92.